The summed E-state index contributed by atoms with van der Waals surface area (Å²) in [4.78, 5) is 43.2. The summed E-state index contributed by atoms with van der Waals surface area (Å²) in [7, 11) is 1.86. The minimum absolute atomic E-state index is 0.186. The quantitative estimate of drug-likeness (QED) is 0.315. The van der Waals surface area contributed by atoms with E-state index in [4.69, 9.17) is 14.9 Å². The number of aromatic nitrogens is 4. The van der Waals surface area contributed by atoms with Crippen molar-refractivity contribution in [2.75, 3.05) is 18.4 Å². The second-order valence-corrected chi connectivity index (χ2v) is 10.3. The molecule has 1 aromatic carbocycles. The normalized spacial score (nSPS) is 13.7. The molecule has 1 amide bonds. The lowest BCUT2D eigenvalue weighted by molar-refractivity contribution is -0.148. The Hall–Kier alpha value is -4.16. The van der Waals surface area contributed by atoms with E-state index in [0.29, 0.717) is 25.5 Å². The lowest BCUT2D eigenvalue weighted by Crippen LogP contribution is -2.55. The summed E-state index contributed by atoms with van der Waals surface area (Å²) in [6, 6.07) is 8.16. The smallest absolute Gasteiger partial charge is 0.306 e. The summed E-state index contributed by atoms with van der Waals surface area (Å²) >= 11 is 0. The summed E-state index contributed by atoms with van der Waals surface area (Å²) in [5, 5.41) is 23.9. The highest BCUT2D eigenvalue weighted by molar-refractivity contribution is 5.84. The number of carboxylic acids is 1. The molecule has 1 fully saturated rings. The van der Waals surface area contributed by atoms with Crippen molar-refractivity contribution in [3.05, 3.63) is 54.0 Å². The minimum atomic E-state index is -1.34. The van der Waals surface area contributed by atoms with E-state index in [9.17, 15) is 14.4 Å². The van der Waals surface area contributed by atoms with Crippen LogP contribution in [0.4, 0.5) is 11.6 Å². The summed E-state index contributed by atoms with van der Waals surface area (Å²) in [5.74, 6) is -0.966. The lowest BCUT2D eigenvalue weighted by atomic mass is 9.99. The number of anilines is 2. The molecule has 220 valence electrons. The molecule has 1 aliphatic rings. The van der Waals surface area contributed by atoms with Gasteiger partial charge in [0.2, 0.25) is 11.9 Å². The molecule has 12 heteroatoms. The molecule has 1 atom stereocenters. The highest BCUT2D eigenvalue weighted by Crippen LogP contribution is 2.24. The molecular formula is C29H38N6O6. The first-order valence-electron chi connectivity index (χ1n) is 13.4. The van der Waals surface area contributed by atoms with Gasteiger partial charge >= 0.3 is 5.97 Å². The fourth-order valence-corrected chi connectivity index (χ4v) is 4.15. The van der Waals surface area contributed by atoms with Crippen molar-refractivity contribution in [1.82, 2.24) is 24.6 Å². The summed E-state index contributed by atoms with van der Waals surface area (Å²) in [5.41, 5.74) is 5.03. The van der Waals surface area contributed by atoms with E-state index in [1.807, 2.05) is 38.1 Å². The van der Waals surface area contributed by atoms with Crippen LogP contribution in [0, 0.1) is 6.92 Å². The van der Waals surface area contributed by atoms with Gasteiger partial charge in [-0.15, -0.1) is 0 Å². The van der Waals surface area contributed by atoms with Gasteiger partial charge in [-0.25, -0.2) is 9.97 Å². The molecule has 0 saturated carbocycles. The first kappa shape index (κ1) is 31.4. The monoisotopic (exact) mass is 566 g/mol. The average Bonchev–Trinajstić information content (AvgIpc) is 3.29. The molecule has 0 radical (unpaired) electrons. The molecular weight excluding hydrogens is 528 g/mol. The van der Waals surface area contributed by atoms with Gasteiger partial charge in [-0.1, -0.05) is 12.1 Å². The number of aryl methyl sites for hydroxylation is 3. The molecule has 2 aromatic heterocycles. The maximum Gasteiger partial charge on any atom is 0.306 e. The maximum absolute atomic E-state index is 12.5. The van der Waals surface area contributed by atoms with Crippen LogP contribution in [0.1, 0.15) is 44.7 Å². The van der Waals surface area contributed by atoms with Crippen molar-refractivity contribution >= 4 is 29.3 Å². The molecule has 0 aliphatic carbocycles. The molecule has 3 heterocycles. The van der Waals surface area contributed by atoms with Gasteiger partial charge < -0.3 is 25.2 Å². The standard InChI is InChI=1S/C24H30N6O2.C5H8O4/c1-16(2)32-21-14-30(15-21)23(31)8-7-18-5-6-19(11-17(18)3)22-9-10-25-24(28-22)27-20-12-26-29(4)13-20;1-3(6)4(7)2-5(8)9/h5-6,9-13,16,21H,7-8,14-15H2,1-4H3,(H,25,27,28);4,7H,2H2,1H3,(H,8,9)/t;4-/m.0/s1. The molecule has 4 rings (SSSR count). The van der Waals surface area contributed by atoms with E-state index in [0.717, 1.165) is 35.9 Å². The van der Waals surface area contributed by atoms with Gasteiger partial charge in [0, 0.05) is 44.5 Å². The molecule has 3 aromatic rings. The van der Waals surface area contributed by atoms with E-state index in [1.165, 1.54) is 5.56 Å². The number of carbonyl (C=O) groups excluding carboxylic acids is 2. The maximum atomic E-state index is 12.5. The van der Waals surface area contributed by atoms with E-state index in [-0.39, 0.29) is 18.1 Å². The number of aliphatic carboxylic acids is 1. The number of hydrogen-bond donors (Lipinski definition) is 3. The Morgan fingerprint density at radius 3 is 2.49 bits per heavy atom. The zero-order chi connectivity index (χ0) is 30.1. The fourth-order valence-electron chi connectivity index (χ4n) is 4.15. The summed E-state index contributed by atoms with van der Waals surface area (Å²) < 4.78 is 7.45. The van der Waals surface area contributed by atoms with E-state index >= 15 is 0 Å². The largest absolute Gasteiger partial charge is 0.481 e. The second-order valence-electron chi connectivity index (χ2n) is 10.3. The van der Waals surface area contributed by atoms with Crippen LogP contribution < -0.4 is 5.32 Å². The predicted molar refractivity (Wildman–Crippen MR) is 153 cm³/mol. The van der Waals surface area contributed by atoms with Crippen molar-refractivity contribution in [1.29, 1.82) is 0 Å². The minimum Gasteiger partial charge on any atom is -0.481 e. The molecule has 0 bridgehead atoms. The van der Waals surface area contributed by atoms with Crippen LogP contribution in [0.3, 0.4) is 0 Å². The summed E-state index contributed by atoms with van der Waals surface area (Å²) in [6.07, 6.45) is 5.13. The number of Topliss-reactive ketones (excluding diaryl/α,β-unsaturated/α-hetero) is 1. The van der Waals surface area contributed by atoms with Gasteiger partial charge in [0.15, 0.2) is 5.78 Å². The molecule has 41 heavy (non-hydrogen) atoms. The van der Waals surface area contributed by atoms with Crippen molar-refractivity contribution in [3.63, 3.8) is 0 Å². The fraction of sp³-hybridized carbons (Fsp3) is 0.448. The Morgan fingerprint density at radius 2 is 1.93 bits per heavy atom. The number of benzene rings is 1. The highest BCUT2D eigenvalue weighted by atomic mass is 16.5. The van der Waals surface area contributed by atoms with Crippen LogP contribution >= 0.6 is 0 Å². The number of carboxylic acid groups (broad SMARTS) is 1. The zero-order valence-corrected chi connectivity index (χ0v) is 24.1. The molecule has 0 spiro atoms. The number of aliphatic hydroxyl groups excluding tert-OH is 1. The van der Waals surface area contributed by atoms with Crippen LogP contribution in [0.15, 0.2) is 42.9 Å². The number of hydrogen-bond acceptors (Lipinski definition) is 9. The average molecular weight is 567 g/mol. The Labute approximate surface area is 239 Å². The van der Waals surface area contributed by atoms with Gasteiger partial charge in [0.25, 0.3) is 0 Å². The van der Waals surface area contributed by atoms with Gasteiger partial charge in [-0.2, -0.15) is 5.10 Å². The molecule has 3 N–H and O–H groups in total. The molecule has 1 aliphatic heterocycles. The van der Waals surface area contributed by atoms with Crippen LogP contribution in [0.25, 0.3) is 11.3 Å². The van der Waals surface area contributed by atoms with Gasteiger partial charge in [-0.3, -0.25) is 19.1 Å². The first-order chi connectivity index (χ1) is 19.4. The highest BCUT2D eigenvalue weighted by Gasteiger charge is 2.31. The third-order valence-corrected chi connectivity index (χ3v) is 6.37. The third kappa shape index (κ3) is 9.76. The number of aliphatic hydroxyl groups is 1. The summed E-state index contributed by atoms with van der Waals surface area (Å²) in [6.45, 7) is 8.69. The first-order valence-corrected chi connectivity index (χ1v) is 13.4. The third-order valence-electron chi connectivity index (χ3n) is 6.37. The van der Waals surface area contributed by atoms with E-state index in [2.05, 4.69) is 45.5 Å². The number of ketones is 1. The van der Waals surface area contributed by atoms with Crippen molar-refractivity contribution in [3.8, 4) is 11.3 Å². The number of ether oxygens (including phenoxy) is 1. The van der Waals surface area contributed by atoms with Gasteiger partial charge in [-0.05, 0) is 57.4 Å². The molecule has 12 nitrogen and oxygen atoms in total. The number of amides is 1. The van der Waals surface area contributed by atoms with Crippen LogP contribution in [0.5, 0.6) is 0 Å². The van der Waals surface area contributed by atoms with Crippen molar-refractivity contribution < 1.29 is 29.3 Å². The van der Waals surface area contributed by atoms with E-state index in [1.54, 1.807) is 17.1 Å². The van der Waals surface area contributed by atoms with Crippen molar-refractivity contribution in [2.45, 2.75) is 65.3 Å². The SMILES string of the molecule is CC(=O)[C@@H](O)CC(=O)O.Cc1cc(-c2ccnc(Nc3cnn(C)c3)n2)ccc1CCC(=O)N1CC(OC(C)C)C1. The topological polar surface area (TPSA) is 160 Å². The lowest BCUT2D eigenvalue weighted by Gasteiger charge is -2.40. The zero-order valence-electron chi connectivity index (χ0n) is 24.1. The number of nitrogens with zero attached hydrogens (tertiary/aromatic N) is 5. The predicted octanol–water partition coefficient (Wildman–Crippen LogP) is 2.91. The van der Waals surface area contributed by atoms with Crippen LogP contribution in [-0.4, -0.2) is 83.9 Å². The Balaban J connectivity index is 0.000000445. The number of rotatable bonds is 11. The van der Waals surface area contributed by atoms with E-state index < -0.39 is 24.3 Å². The van der Waals surface area contributed by atoms with Crippen molar-refractivity contribution in [2.24, 2.45) is 7.05 Å². The Kier molecular flexibility index (Phi) is 11.1. The second kappa shape index (κ2) is 14.5. The van der Waals surface area contributed by atoms with Gasteiger partial charge in [0.05, 0.1) is 36.2 Å². The Bertz CT molecular complexity index is 1350. The van der Waals surface area contributed by atoms with Crippen LogP contribution in [-0.2, 0) is 32.6 Å². The number of carbonyl (C=O) groups is 3. The molecule has 0 unspecified atom stereocenters. The number of likely N-dealkylation sites (tertiary alicyclic amines) is 1. The Morgan fingerprint density at radius 1 is 1.20 bits per heavy atom. The molecule has 1 saturated heterocycles. The van der Waals surface area contributed by atoms with Gasteiger partial charge in [0.1, 0.15) is 6.10 Å². The van der Waals surface area contributed by atoms with Crippen LogP contribution in [0.2, 0.25) is 0 Å². The number of nitrogens with one attached hydrogen (secondary N) is 1.